The Balaban J connectivity index is 1.51. The molecule has 0 bridgehead atoms. The summed E-state index contributed by atoms with van der Waals surface area (Å²) in [6, 6.07) is 13.5. The van der Waals surface area contributed by atoms with Gasteiger partial charge in [0.05, 0.1) is 10.0 Å². The number of halogens is 2. The molecule has 1 N–H and O–H groups in total. The number of benzene rings is 2. The molecule has 126 valence electrons. The number of hydrogen-bond donors (Lipinski definition) is 1. The van der Waals surface area contributed by atoms with Gasteiger partial charge < -0.3 is 10.2 Å². The lowest BCUT2D eigenvalue weighted by molar-refractivity contribution is -0.116. The molecule has 0 spiro atoms. The minimum Gasteiger partial charge on any atom is -0.372 e. The molecule has 1 heterocycles. The number of rotatable bonds is 5. The van der Waals surface area contributed by atoms with Crippen LogP contribution in [0.1, 0.15) is 24.8 Å². The highest BCUT2D eigenvalue weighted by Crippen LogP contribution is 2.24. The summed E-state index contributed by atoms with van der Waals surface area (Å²) in [6.07, 6.45) is 3.56. The summed E-state index contributed by atoms with van der Waals surface area (Å²) in [5, 5.41) is 3.99. The van der Waals surface area contributed by atoms with Gasteiger partial charge in [-0.05, 0) is 61.2 Å². The maximum Gasteiger partial charge on any atom is 0.224 e. The topological polar surface area (TPSA) is 32.3 Å². The van der Waals surface area contributed by atoms with Gasteiger partial charge in [-0.1, -0.05) is 29.3 Å². The van der Waals surface area contributed by atoms with Crippen LogP contribution in [0.4, 0.5) is 11.4 Å². The molecular formula is C19H20Cl2N2O. The minimum atomic E-state index is -0.00463. The van der Waals surface area contributed by atoms with E-state index in [1.165, 1.54) is 18.5 Å². The quantitative estimate of drug-likeness (QED) is 0.795. The molecule has 0 unspecified atom stereocenters. The molecular weight excluding hydrogens is 343 g/mol. The third-order valence-electron chi connectivity index (χ3n) is 4.25. The monoisotopic (exact) mass is 362 g/mol. The highest BCUT2D eigenvalue weighted by atomic mass is 35.5. The zero-order valence-corrected chi connectivity index (χ0v) is 14.9. The first kappa shape index (κ1) is 17.1. The van der Waals surface area contributed by atoms with Gasteiger partial charge in [0, 0.05) is 30.9 Å². The third kappa shape index (κ3) is 4.43. The minimum absolute atomic E-state index is 0.00463. The molecule has 1 amide bonds. The van der Waals surface area contributed by atoms with E-state index in [4.69, 9.17) is 23.2 Å². The van der Waals surface area contributed by atoms with Crippen LogP contribution in [0, 0.1) is 0 Å². The number of nitrogens with zero attached hydrogens (tertiary/aromatic N) is 1. The summed E-state index contributed by atoms with van der Waals surface area (Å²) in [6.45, 7) is 2.24. The van der Waals surface area contributed by atoms with Crippen molar-refractivity contribution in [2.24, 2.45) is 0 Å². The molecule has 2 aromatic carbocycles. The molecule has 1 fully saturated rings. The Morgan fingerprint density at radius 3 is 2.38 bits per heavy atom. The first-order valence-electron chi connectivity index (χ1n) is 8.20. The number of carbonyl (C=O) groups is 1. The van der Waals surface area contributed by atoms with Crippen molar-refractivity contribution in [1.29, 1.82) is 0 Å². The SMILES string of the molecule is O=C(CCc1ccc(Cl)c(Cl)c1)Nc1ccc(N2CCCC2)cc1. The van der Waals surface area contributed by atoms with Crippen molar-refractivity contribution in [2.45, 2.75) is 25.7 Å². The summed E-state index contributed by atoms with van der Waals surface area (Å²) in [4.78, 5) is 14.5. The molecule has 24 heavy (non-hydrogen) atoms. The Morgan fingerprint density at radius 2 is 1.71 bits per heavy atom. The van der Waals surface area contributed by atoms with Gasteiger partial charge in [0.25, 0.3) is 0 Å². The molecule has 0 atom stereocenters. The lowest BCUT2D eigenvalue weighted by Gasteiger charge is -2.17. The van der Waals surface area contributed by atoms with E-state index in [2.05, 4.69) is 22.3 Å². The van der Waals surface area contributed by atoms with Crippen molar-refractivity contribution < 1.29 is 4.79 Å². The molecule has 5 heteroatoms. The van der Waals surface area contributed by atoms with E-state index in [1.54, 1.807) is 6.07 Å². The summed E-state index contributed by atoms with van der Waals surface area (Å²) in [5.41, 5.74) is 3.06. The van der Waals surface area contributed by atoms with E-state index in [-0.39, 0.29) is 5.91 Å². The van der Waals surface area contributed by atoms with Gasteiger partial charge in [-0.25, -0.2) is 0 Å². The van der Waals surface area contributed by atoms with Crippen LogP contribution < -0.4 is 10.2 Å². The largest absolute Gasteiger partial charge is 0.372 e. The highest BCUT2D eigenvalue weighted by Gasteiger charge is 2.12. The molecule has 2 aromatic rings. The lowest BCUT2D eigenvalue weighted by atomic mass is 10.1. The molecule has 0 radical (unpaired) electrons. The second kappa shape index (κ2) is 7.91. The smallest absolute Gasteiger partial charge is 0.224 e. The summed E-state index contributed by atoms with van der Waals surface area (Å²) in [7, 11) is 0. The summed E-state index contributed by atoms with van der Waals surface area (Å²) in [5.74, 6) is -0.00463. The number of hydrogen-bond acceptors (Lipinski definition) is 2. The Hall–Kier alpha value is -1.71. The van der Waals surface area contributed by atoms with Gasteiger partial charge >= 0.3 is 0 Å². The fourth-order valence-corrected chi connectivity index (χ4v) is 3.23. The molecule has 3 nitrogen and oxygen atoms in total. The van der Waals surface area contributed by atoms with E-state index in [0.29, 0.717) is 22.9 Å². The van der Waals surface area contributed by atoms with Crippen LogP contribution in [0.15, 0.2) is 42.5 Å². The fourth-order valence-electron chi connectivity index (χ4n) is 2.91. The first-order valence-corrected chi connectivity index (χ1v) is 8.96. The number of aryl methyl sites for hydroxylation is 1. The second-order valence-corrected chi connectivity index (χ2v) is 6.85. The van der Waals surface area contributed by atoms with E-state index in [0.717, 1.165) is 24.3 Å². The molecule has 0 aromatic heterocycles. The van der Waals surface area contributed by atoms with Crippen LogP contribution in [-0.4, -0.2) is 19.0 Å². The number of amides is 1. The Labute approximate surface area is 152 Å². The molecule has 3 rings (SSSR count). The standard InChI is InChI=1S/C19H20Cl2N2O/c20-17-9-3-14(13-18(17)21)4-10-19(24)22-15-5-7-16(8-6-15)23-11-1-2-12-23/h3,5-9,13H,1-2,4,10-12H2,(H,22,24). The predicted octanol–water partition coefficient (Wildman–Crippen LogP) is 5.16. The predicted molar refractivity (Wildman–Crippen MR) is 101 cm³/mol. The molecule has 0 aliphatic carbocycles. The van der Waals surface area contributed by atoms with Crippen molar-refractivity contribution in [3.8, 4) is 0 Å². The van der Waals surface area contributed by atoms with Gasteiger partial charge in [0.2, 0.25) is 5.91 Å². The molecule has 1 aliphatic rings. The van der Waals surface area contributed by atoms with Crippen molar-refractivity contribution in [3.05, 3.63) is 58.1 Å². The van der Waals surface area contributed by atoms with E-state index < -0.39 is 0 Å². The van der Waals surface area contributed by atoms with Crippen molar-refractivity contribution in [3.63, 3.8) is 0 Å². The first-order chi connectivity index (χ1) is 11.6. The second-order valence-electron chi connectivity index (χ2n) is 6.04. The summed E-state index contributed by atoms with van der Waals surface area (Å²) < 4.78 is 0. The fraction of sp³-hybridized carbons (Fsp3) is 0.316. The normalized spacial score (nSPS) is 14.0. The van der Waals surface area contributed by atoms with Crippen molar-refractivity contribution in [2.75, 3.05) is 23.3 Å². The van der Waals surface area contributed by atoms with Gasteiger partial charge in [0.1, 0.15) is 0 Å². The Kier molecular flexibility index (Phi) is 5.64. The van der Waals surface area contributed by atoms with Crippen LogP contribution >= 0.6 is 23.2 Å². The van der Waals surface area contributed by atoms with Gasteiger partial charge in [-0.2, -0.15) is 0 Å². The Morgan fingerprint density at radius 1 is 1.00 bits per heavy atom. The van der Waals surface area contributed by atoms with Crippen LogP contribution in [0.3, 0.4) is 0 Å². The van der Waals surface area contributed by atoms with Crippen molar-refractivity contribution in [1.82, 2.24) is 0 Å². The highest BCUT2D eigenvalue weighted by molar-refractivity contribution is 6.42. The van der Waals surface area contributed by atoms with Gasteiger partial charge in [-0.3, -0.25) is 4.79 Å². The zero-order chi connectivity index (χ0) is 16.9. The molecule has 1 aliphatic heterocycles. The average molecular weight is 363 g/mol. The summed E-state index contributed by atoms with van der Waals surface area (Å²) >= 11 is 11.9. The molecule has 0 saturated carbocycles. The third-order valence-corrected chi connectivity index (χ3v) is 4.99. The number of nitrogens with one attached hydrogen (secondary N) is 1. The van der Waals surface area contributed by atoms with E-state index in [9.17, 15) is 4.79 Å². The van der Waals surface area contributed by atoms with Gasteiger partial charge in [0.15, 0.2) is 0 Å². The van der Waals surface area contributed by atoms with Crippen LogP contribution in [0.25, 0.3) is 0 Å². The number of carbonyl (C=O) groups excluding carboxylic acids is 1. The average Bonchev–Trinajstić information content (AvgIpc) is 3.11. The van der Waals surface area contributed by atoms with E-state index in [1.807, 2.05) is 24.3 Å². The Bertz CT molecular complexity index is 710. The van der Waals surface area contributed by atoms with Crippen LogP contribution in [-0.2, 0) is 11.2 Å². The maximum atomic E-state index is 12.1. The molecule has 1 saturated heterocycles. The number of anilines is 2. The lowest BCUT2D eigenvalue weighted by Crippen LogP contribution is -2.17. The van der Waals surface area contributed by atoms with Crippen LogP contribution in [0.5, 0.6) is 0 Å². The van der Waals surface area contributed by atoms with Crippen molar-refractivity contribution >= 4 is 40.5 Å². The zero-order valence-electron chi connectivity index (χ0n) is 13.4. The van der Waals surface area contributed by atoms with E-state index >= 15 is 0 Å². The maximum absolute atomic E-state index is 12.1. The van der Waals surface area contributed by atoms with Gasteiger partial charge in [-0.15, -0.1) is 0 Å². The van der Waals surface area contributed by atoms with Crippen LogP contribution in [0.2, 0.25) is 10.0 Å².